The highest BCUT2D eigenvalue weighted by Crippen LogP contribution is 2.04. The van der Waals surface area contributed by atoms with Gasteiger partial charge in [-0.2, -0.15) is 0 Å². The molecular weight excluding hydrogens is 452 g/mol. The van der Waals surface area contributed by atoms with Gasteiger partial charge < -0.3 is 49.1 Å². The molecule has 15 nitrogen and oxygen atoms in total. The molecule has 4 amide bonds. The molecule has 13 N–H and O–H groups in total. The smallest absolute Gasteiger partial charge is 0.326 e. The van der Waals surface area contributed by atoms with Crippen molar-refractivity contribution in [1.82, 2.24) is 16.0 Å². The average Bonchev–Trinajstić information content (AvgIpc) is 2.71. The molecule has 34 heavy (non-hydrogen) atoms. The van der Waals surface area contributed by atoms with Crippen molar-refractivity contribution in [2.75, 3.05) is 13.2 Å². The van der Waals surface area contributed by atoms with Crippen molar-refractivity contribution < 1.29 is 34.2 Å². The maximum absolute atomic E-state index is 12.6. The lowest BCUT2D eigenvalue weighted by Crippen LogP contribution is -2.58. The molecule has 15 heteroatoms. The highest BCUT2D eigenvalue weighted by atomic mass is 16.4. The second-order valence-corrected chi connectivity index (χ2v) is 8.06. The largest absolute Gasteiger partial charge is 0.480 e. The van der Waals surface area contributed by atoms with Crippen LogP contribution in [0.15, 0.2) is 4.99 Å². The molecule has 0 fully saturated rings. The van der Waals surface area contributed by atoms with Gasteiger partial charge in [0.1, 0.15) is 18.1 Å². The predicted octanol–water partition coefficient (Wildman–Crippen LogP) is -4.18. The first-order valence-corrected chi connectivity index (χ1v) is 10.6. The number of nitrogens with zero attached hydrogens (tertiary/aromatic N) is 1. The summed E-state index contributed by atoms with van der Waals surface area (Å²) < 4.78 is 0. The van der Waals surface area contributed by atoms with Crippen molar-refractivity contribution in [3.63, 3.8) is 0 Å². The standard InChI is InChI=1S/C19H36N8O7/c1-9(2)6-10(20)15(30)26-12(7-14(21)29)16(31)27-13(8-28)17(32)25-11(18(33)34)4-3-5-24-19(22)23/h9-13,28H,3-8,20H2,1-2H3,(H2,21,29)(H,25,32)(H,26,30)(H,27,31)(H,33,34)(H4,22,23,24). The molecular formula is C19H36N8O7. The number of aliphatic imine (C=N–C) groups is 1. The molecule has 0 saturated carbocycles. The molecule has 4 atom stereocenters. The highest BCUT2D eigenvalue weighted by molar-refractivity contribution is 5.96. The Labute approximate surface area is 197 Å². The van der Waals surface area contributed by atoms with Crippen LogP contribution in [0.4, 0.5) is 0 Å². The van der Waals surface area contributed by atoms with Gasteiger partial charge in [-0.05, 0) is 25.2 Å². The molecule has 194 valence electrons. The fraction of sp³-hybridized carbons (Fsp3) is 0.684. The van der Waals surface area contributed by atoms with Crippen LogP contribution in [0.3, 0.4) is 0 Å². The van der Waals surface area contributed by atoms with Crippen LogP contribution in [0.1, 0.15) is 39.5 Å². The van der Waals surface area contributed by atoms with Gasteiger partial charge in [0.2, 0.25) is 23.6 Å². The molecule has 0 heterocycles. The van der Waals surface area contributed by atoms with Gasteiger partial charge in [0.25, 0.3) is 0 Å². The van der Waals surface area contributed by atoms with E-state index in [9.17, 15) is 34.2 Å². The van der Waals surface area contributed by atoms with Crippen molar-refractivity contribution >= 4 is 35.6 Å². The van der Waals surface area contributed by atoms with Crippen LogP contribution < -0.4 is 38.9 Å². The molecule has 0 aromatic heterocycles. The Kier molecular flexibility index (Phi) is 13.8. The Balaban J connectivity index is 5.21. The Morgan fingerprint density at radius 1 is 0.882 bits per heavy atom. The average molecular weight is 489 g/mol. The molecule has 0 rings (SSSR count). The number of carboxylic acids is 1. The van der Waals surface area contributed by atoms with Crippen molar-refractivity contribution in [3.05, 3.63) is 0 Å². The number of nitrogens with one attached hydrogen (secondary N) is 3. The lowest BCUT2D eigenvalue weighted by Gasteiger charge is -2.24. The Bertz CT molecular complexity index is 755. The summed E-state index contributed by atoms with van der Waals surface area (Å²) in [6.07, 6.45) is -0.0703. The molecule has 0 aliphatic carbocycles. The van der Waals surface area contributed by atoms with Gasteiger partial charge in [-0.3, -0.25) is 24.2 Å². The molecule has 0 aliphatic heterocycles. The Morgan fingerprint density at radius 2 is 1.41 bits per heavy atom. The number of aliphatic carboxylic acids is 1. The van der Waals surface area contributed by atoms with E-state index in [0.29, 0.717) is 6.42 Å². The van der Waals surface area contributed by atoms with Gasteiger partial charge in [-0.1, -0.05) is 13.8 Å². The molecule has 0 aromatic carbocycles. The van der Waals surface area contributed by atoms with Gasteiger partial charge in [-0.15, -0.1) is 0 Å². The van der Waals surface area contributed by atoms with E-state index in [2.05, 4.69) is 20.9 Å². The van der Waals surface area contributed by atoms with Crippen LogP contribution in [0.25, 0.3) is 0 Å². The third-order valence-electron chi connectivity index (χ3n) is 4.48. The van der Waals surface area contributed by atoms with E-state index in [-0.39, 0.29) is 31.3 Å². The number of hydrogen-bond acceptors (Lipinski definition) is 8. The Morgan fingerprint density at radius 3 is 1.88 bits per heavy atom. The van der Waals surface area contributed by atoms with Crippen LogP contribution in [-0.2, 0) is 24.0 Å². The summed E-state index contributed by atoms with van der Waals surface area (Å²) in [4.78, 5) is 63.8. The fourth-order valence-electron chi connectivity index (χ4n) is 2.80. The molecule has 0 aromatic rings. The minimum absolute atomic E-state index is 0.0297. The van der Waals surface area contributed by atoms with Gasteiger partial charge in [0.15, 0.2) is 5.96 Å². The number of carbonyl (C=O) groups excluding carboxylic acids is 4. The molecule has 0 radical (unpaired) electrons. The molecule has 4 unspecified atom stereocenters. The molecule has 0 saturated heterocycles. The number of aliphatic hydroxyl groups excluding tert-OH is 1. The van der Waals surface area contributed by atoms with Crippen LogP contribution in [0.2, 0.25) is 0 Å². The molecule has 0 spiro atoms. The number of amides is 4. The summed E-state index contributed by atoms with van der Waals surface area (Å²) in [6.45, 7) is 2.94. The van der Waals surface area contributed by atoms with Crippen LogP contribution in [0, 0.1) is 5.92 Å². The zero-order valence-corrected chi connectivity index (χ0v) is 19.3. The second-order valence-electron chi connectivity index (χ2n) is 8.06. The van der Waals surface area contributed by atoms with Crippen molar-refractivity contribution in [3.8, 4) is 0 Å². The lowest BCUT2D eigenvalue weighted by molar-refractivity contribution is -0.143. The summed E-state index contributed by atoms with van der Waals surface area (Å²) in [6, 6.07) is -5.32. The summed E-state index contributed by atoms with van der Waals surface area (Å²) >= 11 is 0. The van der Waals surface area contributed by atoms with Crippen molar-refractivity contribution in [2.24, 2.45) is 33.8 Å². The van der Waals surface area contributed by atoms with Crippen molar-refractivity contribution in [1.29, 1.82) is 0 Å². The normalized spacial score (nSPS) is 14.3. The number of nitrogens with two attached hydrogens (primary N) is 4. The van der Waals surface area contributed by atoms with Crippen molar-refractivity contribution in [2.45, 2.75) is 63.7 Å². The SMILES string of the molecule is CC(C)CC(N)C(=O)NC(CC(N)=O)C(=O)NC(CO)C(=O)NC(CCCN=C(N)N)C(=O)O. The van der Waals surface area contributed by atoms with E-state index >= 15 is 0 Å². The van der Waals surface area contributed by atoms with E-state index in [1.54, 1.807) is 0 Å². The number of hydrogen-bond donors (Lipinski definition) is 9. The third kappa shape index (κ3) is 12.5. The first-order chi connectivity index (χ1) is 15.8. The quantitative estimate of drug-likeness (QED) is 0.0573. The third-order valence-corrected chi connectivity index (χ3v) is 4.48. The zero-order chi connectivity index (χ0) is 26.4. The summed E-state index contributed by atoms with van der Waals surface area (Å²) in [5, 5.41) is 25.5. The van der Waals surface area contributed by atoms with E-state index in [1.165, 1.54) is 0 Å². The Hall–Kier alpha value is -3.46. The summed E-state index contributed by atoms with van der Waals surface area (Å²) in [7, 11) is 0. The zero-order valence-electron chi connectivity index (χ0n) is 19.3. The first kappa shape index (κ1) is 30.5. The van der Waals surface area contributed by atoms with E-state index in [1.807, 2.05) is 13.8 Å². The van der Waals surface area contributed by atoms with Gasteiger partial charge >= 0.3 is 5.97 Å². The van der Waals surface area contributed by atoms with Gasteiger partial charge in [0, 0.05) is 6.54 Å². The monoisotopic (exact) mass is 488 g/mol. The van der Waals surface area contributed by atoms with Gasteiger partial charge in [0.05, 0.1) is 19.1 Å². The number of carbonyl (C=O) groups is 5. The van der Waals surface area contributed by atoms with Crippen LogP contribution in [-0.4, -0.2) is 83.1 Å². The number of rotatable bonds is 16. The van der Waals surface area contributed by atoms with Crippen LogP contribution in [0.5, 0.6) is 0 Å². The first-order valence-electron chi connectivity index (χ1n) is 10.6. The molecule has 0 aliphatic rings. The number of primary amides is 1. The summed E-state index contributed by atoms with van der Waals surface area (Å²) in [5.74, 6) is -5.01. The fourth-order valence-corrected chi connectivity index (χ4v) is 2.80. The number of carboxylic acid groups (broad SMARTS) is 1. The van der Waals surface area contributed by atoms with Gasteiger partial charge in [-0.25, -0.2) is 4.79 Å². The minimum atomic E-state index is -1.57. The topological polar surface area (TPSA) is 278 Å². The predicted molar refractivity (Wildman–Crippen MR) is 122 cm³/mol. The minimum Gasteiger partial charge on any atom is -0.480 e. The van der Waals surface area contributed by atoms with E-state index in [0.717, 1.165) is 0 Å². The van der Waals surface area contributed by atoms with E-state index in [4.69, 9.17) is 22.9 Å². The maximum atomic E-state index is 12.6. The van der Waals surface area contributed by atoms with Crippen LogP contribution >= 0.6 is 0 Å². The maximum Gasteiger partial charge on any atom is 0.326 e. The lowest BCUT2D eigenvalue weighted by atomic mass is 10.0. The number of aliphatic hydroxyl groups is 1. The molecule has 0 bridgehead atoms. The highest BCUT2D eigenvalue weighted by Gasteiger charge is 2.30. The summed E-state index contributed by atoms with van der Waals surface area (Å²) in [5.41, 5.74) is 21.3. The second kappa shape index (κ2) is 15.4. The van der Waals surface area contributed by atoms with E-state index < -0.39 is 66.8 Å². The number of guanidine groups is 1.